The predicted octanol–water partition coefficient (Wildman–Crippen LogP) is 2.56. The number of nitrogens with one attached hydrogen (secondary N) is 1. The highest BCUT2D eigenvalue weighted by molar-refractivity contribution is 6.06. The first-order valence-electron chi connectivity index (χ1n) is 7.73. The van der Waals surface area contributed by atoms with Crippen molar-refractivity contribution in [3.05, 3.63) is 47.4 Å². The van der Waals surface area contributed by atoms with Crippen LogP contribution in [0.25, 0.3) is 0 Å². The zero-order valence-corrected chi connectivity index (χ0v) is 12.5. The number of hydrogen-bond acceptors (Lipinski definition) is 4. The number of aryl methyl sites for hydroxylation is 1. The average molecular weight is 294 g/mol. The maximum atomic E-state index is 12.8. The molecule has 2 aliphatic rings. The van der Waals surface area contributed by atoms with Crippen LogP contribution in [0.3, 0.4) is 0 Å². The van der Waals surface area contributed by atoms with Crippen LogP contribution in [0.1, 0.15) is 34.7 Å². The van der Waals surface area contributed by atoms with E-state index < -0.39 is 0 Å². The van der Waals surface area contributed by atoms with E-state index in [0.29, 0.717) is 24.1 Å². The van der Waals surface area contributed by atoms with E-state index in [1.807, 2.05) is 30.0 Å². The molecule has 112 valence electrons. The van der Waals surface area contributed by atoms with Crippen LogP contribution in [0, 0.1) is 6.92 Å². The molecule has 5 nitrogen and oxygen atoms in total. The molecule has 5 heteroatoms. The Morgan fingerprint density at radius 1 is 1.27 bits per heavy atom. The second-order valence-electron chi connectivity index (χ2n) is 5.94. The van der Waals surface area contributed by atoms with Crippen molar-refractivity contribution >= 4 is 17.4 Å². The highest BCUT2D eigenvalue weighted by Gasteiger charge is 2.27. The van der Waals surface area contributed by atoms with Gasteiger partial charge in [-0.15, -0.1) is 0 Å². The Bertz CT molecular complexity index is 739. The molecule has 0 atom stereocenters. The van der Waals surface area contributed by atoms with Gasteiger partial charge in [0.25, 0.3) is 5.91 Å². The number of aromatic nitrogens is 2. The minimum atomic E-state index is -0.0469. The van der Waals surface area contributed by atoms with Crippen molar-refractivity contribution in [1.82, 2.24) is 9.97 Å². The van der Waals surface area contributed by atoms with Crippen LogP contribution >= 0.6 is 0 Å². The Morgan fingerprint density at radius 2 is 2.09 bits per heavy atom. The van der Waals surface area contributed by atoms with Crippen molar-refractivity contribution in [1.29, 1.82) is 0 Å². The lowest BCUT2D eigenvalue weighted by Crippen LogP contribution is -2.30. The third-order valence-corrected chi connectivity index (χ3v) is 4.12. The molecule has 4 rings (SSSR count). The van der Waals surface area contributed by atoms with Gasteiger partial charge < -0.3 is 10.2 Å². The van der Waals surface area contributed by atoms with E-state index in [4.69, 9.17) is 0 Å². The van der Waals surface area contributed by atoms with Crippen LogP contribution in [-0.4, -0.2) is 28.5 Å². The van der Waals surface area contributed by atoms with Crippen LogP contribution in [0.4, 0.5) is 11.5 Å². The molecule has 0 bridgehead atoms. The van der Waals surface area contributed by atoms with Crippen molar-refractivity contribution in [3.8, 4) is 0 Å². The van der Waals surface area contributed by atoms with E-state index in [1.54, 1.807) is 6.07 Å². The highest BCUT2D eigenvalue weighted by atomic mass is 16.2. The lowest BCUT2D eigenvalue weighted by molar-refractivity contribution is 0.0984. The molecule has 1 aromatic carbocycles. The molecule has 1 aromatic heterocycles. The summed E-state index contributed by atoms with van der Waals surface area (Å²) >= 11 is 0. The van der Waals surface area contributed by atoms with Crippen molar-refractivity contribution in [3.63, 3.8) is 0 Å². The maximum absolute atomic E-state index is 12.8. The Morgan fingerprint density at radius 3 is 2.91 bits per heavy atom. The molecule has 2 aromatic rings. The largest absolute Gasteiger partial charge is 0.367 e. The molecule has 1 N–H and O–H groups in total. The smallest absolute Gasteiger partial charge is 0.277 e. The van der Waals surface area contributed by atoms with Crippen molar-refractivity contribution in [2.75, 3.05) is 16.8 Å². The molecule has 1 aliphatic heterocycles. The summed E-state index contributed by atoms with van der Waals surface area (Å²) in [6.07, 6.45) is 3.25. The van der Waals surface area contributed by atoms with E-state index >= 15 is 0 Å². The fourth-order valence-corrected chi connectivity index (χ4v) is 2.88. The van der Waals surface area contributed by atoms with Gasteiger partial charge in [-0.2, -0.15) is 0 Å². The second kappa shape index (κ2) is 5.09. The maximum Gasteiger partial charge on any atom is 0.277 e. The Hall–Kier alpha value is -2.43. The first-order chi connectivity index (χ1) is 10.7. The van der Waals surface area contributed by atoms with Gasteiger partial charge in [0.05, 0.1) is 0 Å². The normalized spacial score (nSPS) is 16.5. The Kier molecular flexibility index (Phi) is 3.06. The predicted molar refractivity (Wildman–Crippen MR) is 85.2 cm³/mol. The Balaban J connectivity index is 1.64. The second-order valence-corrected chi connectivity index (χ2v) is 5.94. The fourth-order valence-electron chi connectivity index (χ4n) is 2.88. The van der Waals surface area contributed by atoms with Crippen LogP contribution in [0.15, 0.2) is 30.3 Å². The van der Waals surface area contributed by atoms with Crippen LogP contribution < -0.4 is 10.2 Å². The van der Waals surface area contributed by atoms with Crippen molar-refractivity contribution < 1.29 is 4.79 Å². The van der Waals surface area contributed by atoms with Crippen molar-refractivity contribution in [2.45, 2.75) is 32.2 Å². The number of fused-ring (bicyclic) bond motifs is 1. The molecular formula is C17H18N4O. The number of benzene rings is 1. The number of nitrogens with zero attached hydrogens (tertiary/aromatic N) is 3. The summed E-state index contributed by atoms with van der Waals surface area (Å²) in [4.78, 5) is 23.4. The summed E-state index contributed by atoms with van der Waals surface area (Å²) in [5, 5.41) is 3.34. The molecule has 1 amide bonds. The van der Waals surface area contributed by atoms with Crippen LogP contribution in [0.2, 0.25) is 0 Å². The number of hydrogen-bond donors (Lipinski definition) is 1. The molecule has 1 fully saturated rings. The molecule has 22 heavy (non-hydrogen) atoms. The standard InChI is InChI=1S/C17H18N4O/c1-11-18-14(10-16(19-11)20-13-6-7-13)17(22)21-9-8-12-4-2-3-5-15(12)21/h2-5,10,13H,6-9H2,1H3,(H,18,19,20). The quantitative estimate of drug-likeness (QED) is 0.945. The van der Waals surface area contributed by atoms with E-state index in [-0.39, 0.29) is 5.91 Å². The van der Waals surface area contributed by atoms with Gasteiger partial charge in [-0.3, -0.25) is 4.79 Å². The zero-order valence-electron chi connectivity index (χ0n) is 12.5. The number of carbonyl (C=O) groups is 1. The summed E-state index contributed by atoms with van der Waals surface area (Å²) in [7, 11) is 0. The fraction of sp³-hybridized carbons (Fsp3) is 0.353. The van der Waals surface area contributed by atoms with E-state index in [0.717, 1.165) is 17.9 Å². The summed E-state index contributed by atoms with van der Waals surface area (Å²) in [5.74, 6) is 1.33. The SMILES string of the molecule is Cc1nc(NC2CC2)cc(C(=O)N2CCc3ccccc32)n1. The summed E-state index contributed by atoms with van der Waals surface area (Å²) in [5.41, 5.74) is 2.69. The minimum absolute atomic E-state index is 0.0469. The number of carbonyl (C=O) groups excluding carboxylic acids is 1. The molecule has 0 saturated heterocycles. The van der Waals surface area contributed by atoms with Crippen LogP contribution in [-0.2, 0) is 6.42 Å². The topological polar surface area (TPSA) is 58.1 Å². The molecule has 2 heterocycles. The van der Waals surface area contributed by atoms with E-state index in [9.17, 15) is 4.79 Å². The van der Waals surface area contributed by atoms with Gasteiger partial charge >= 0.3 is 0 Å². The molecule has 0 unspecified atom stereocenters. The third-order valence-electron chi connectivity index (χ3n) is 4.12. The average Bonchev–Trinajstić information content (AvgIpc) is 3.22. The van der Waals surface area contributed by atoms with Crippen LogP contribution in [0.5, 0.6) is 0 Å². The molecule has 1 saturated carbocycles. The van der Waals surface area contributed by atoms with Gasteiger partial charge in [-0.25, -0.2) is 9.97 Å². The summed E-state index contributed by atoms with van der Waals surface area (Å²) in [6.45, 7) is 2.54. The summed E-state index contributed by atoms with van der Waals surface area (Å²) in [6, 6.07) is 10.3. The first kappa shape index (κ1) is 13.2. The summed E-state index contributed by atoms with van der Waals surface area (Å²) < 4.78 is 0. The van der Waals surface area contributed by atoms with Gasteiger partial charge in [0.2, 0.25) is 0 Å². The lowest BCUT2D eigenvalue weighted by atomic mass is 10.2. The van der Waals surface area contributed by atoms with Gasteiger partial charge in [0, 0.05) is 24.3 Å². The zero-order chi connectivity index (χ0) is 15.1. The van der Waals surface area contributed by atoms with E-state index in [1.165, 1.54) is 18.4 Å². The molecule has 0 radical (unpaired) electrons. The van der Waals surface area contributed by atoms with Crippen molar-refractivity contribution in [2.24, 2.45) is 0 Å². The number of anilines is 2. The number of rotatable bonds is 3. The van der Waals surface area contributed by atoms with Gasteiger partial charge in [-0.05, 0) is 37.8 Å². The lowest BCUT2D eigenvalue weighted by Gasteiger charge is -2.17. The van der Waals surface area contributed by atoms with Gasteiger partial charge in [-0.1, -0.05) is 18.2 Å². The monoisotopic (exact) mass is 294 g/mol. The van der Waals surface area contributed by atoms with E-state index in [2.05, 4.69) is 21.4 Å². The molecular weight excluding hydrogens is 276 g/mol. The minimum Gasteiger partial charge on any atom is -0.367 e. The van der Waals surface area contributed by atoms with Gasteiger partial charge in [0.1, 0.15) is 17.3 Å². The molecule has 1 aliphatic carbocycles. The Labute approximate surface area is 129 Å². The first-order valence-corrected chi connectivity index (χ1v) is 7.73. The number of amides is 1. The number of para-hydroxylation sites is 1. The highest BCUT2D eigenvalue weighted by Crippen LogP contribution is 2.29. The molecule has 0 spiro atoms. The van der Waals surface area contributed by atoms with Gasteiger partial charge in [0.15, 0.2) is 0 Å². The third kappa shape index (κ3) is 2.43.